The summed E-state index contributed by atoms with van der Waals surface area (Å²) in [5.41, 5.74) is 0.738. The third-order valence-electron chi connectivity index (χ3n) is 4.03. The second kappa shape index (κ2) is 6.18. The summed E-state index contributed by atoms with van der Waals surface area (Å²) in [6, 6.07) is 3.73. The molecule has 1 aliphatic carbocycles. The molecule has 1 heterocycles. The number of nitrogens with zero attached hydrogens (tertiary/aromatic N) is 3. The van der Waals surface area contributed by atoms with Gasteiger partial charge in [0.2, 0.25) is 6.41 Å². The number of carbonyl (C=O) groups excluding carboxylic acids is 2. The van der Waals surface area contributed by atoms with Gasteiger partial charge in [-0.1, -0.05) is 0 Å². The van der Waals surface area contributed by atoms with Crippen molar-refractivity contribution in [2.45, 2.75) is 51.7 Å². The first-order valence-electron chi connectivity index (χ1n) is 7.78. The van der Waals surface area contributed by atoms with Gasteiger partial charge in [-0.05, 0) is 52.7 Å². The van der Waals surface area contributed by atoms with Crippen LogP contribution in [0.4, 0.5) is 10.5 Å². The largest absolute Gasteiger partial charge is 0.444 e. The quantitative estimate of drug-likeness (QED) is 0.783. The van der Waals surface area contributed by atoms with Crippen molar-refractivity contribution >= 4 is 18.2 Å². The lowest BCUT2D eigenvalue weighted by molar-refractivity contribution is -0.107. The summed E-state index contributed by atoms with van der Waals surface area (Å²) in [7, 11) is 1.73. The highest BCUT2D eigenvalue weighted by molar-refractivity contribution is 5.76. The van der Waals surface area contributed by atoms with Crippen LogP contribution in [0.25, 0.3) is 0 Å². The van der Waals surface area contributed by atoms with Gasteiger partial charge < -0.3 is 14.5 Å². The lowest BCUT2D eigenvalue weighted by Crippen LogP contribution is -2.48. The van der Waals surface area contributed by atoms with Gasteiger partial charge >= 0.3 is 6.09 Å². The van der Waals surface area contributed by atoms with E-state index >= 15 is 0 Å². The fourth-order valence-corrected chi connectivity index (χ4v) is 2.40. The Morgan fingerprint density at radius 3 is 2.48 bits per heavy atom. The molecule has 0 saturated heterocycles. The molecule has 0 radical (unpaired) electrons. The van der Waals surface area contributed by atoms with Gasteiger partial charge in [0, 0.05) is 19.3 Å². The molecule has 0 aromatic carbocycles. The van der Waals surface area contributed by atoms with E-state index in [4.69, 9.17) is 4.74 Å². The van der Waals surface area contributed by atoms with Gasteiger partial charge in [0.05, 0.1) is 17.4 Å². The van der Waals surface area contributed by atoms with E-state index < -0.39 is 5.60 Å². The molecule has 0 unspecified atom stereocenters. The highest BCUT2D eigenvalue weighted by Crippen LogP contribution is 2.42. The molecule has 1 fully saturated rings. The van der Waals surface area contributed by atoms with Crippen LogP contribution in [0.15, 0.2) is 18.3 Å². The van der Waals surface area contributed by atoms with Crippen molar-refractivity contribution in [3.05, 3.63) is 24.0 Å². The van der Waals surface area contributed by atoms with Crippen molar-refractivity contribution in [1.29, 1.82) is 0 Å². The average molecular weight is 319 g/mol. The Balaban J connectivity index is 2.09. The molecule has 0 aliphatic heterocycles. The van der Waals surface area contributed by atoms with E-state index in [-0.39, 0.29) is 11.6 Å². The molecule has 1 aromatic rings. The molecular formula is C17H25N3O3. The van der Waals surface area contributed by atoms with Gasteiger partial charge in [-0.15, -0.1) is 0 Å². The number of likely N-dealkylation sites (N-methyl/N-ethyl adjacent to an activating group) is 1. The van der Waals surface area contributed by atoms with Crippen molar-refractivity contribution in [3.8, 4) is 0 Å². The monoisotopic (exact) mass is 319 g/mol. The Bertz CT molecular complexity index is 574. The van der Waals surface area contributed by atoms with Crippen molar-refractivity contribution in [2.24, 2.45) is 0 Å². The van der Waals surface area contributed by atoms with E-state index in [0.29, 0.717) is 6.54 Å². The molecule has 6 nitrogen and oxygen atoms in total. The van der Waals surface area contributed by atoms with Crippen LogP contribution < -0.4 is 4.90 Å². The van der Waals surface area contributed by atoms with Gasteiger partial charge in [-0.3, -0.25) is 9.78 Å². The van der Waals surface area contributed by atoms with Crippen molar-refractivity contribution < 1.29 is 14.3 Å². The van der Waals surface area contributed by atoms with Crippen LogP contribution in [-0.2, 0) is 9.53 Å². The predicted molar refractivity (Wildman–Crippen MR) is 88.3 cm³/mol. The maximum absolute atomic E-state index is 12.3. The first-order valence-corrected chi connectivity index (χ1v) is 7.78. The van der Waals surface area contributed by atoms with Crippen LogP contribution in [0.3, 0.4) is 0 Å². The summed E-state index contributed by atoms with van der Waals surface area (Å²) in [6.45, 7) is 7.86. The molecule has 0 N–H and O–H groups in total. The van der Waals surface area contributed by atoms with Crippen LogP contribution in [0.5, 0.6) is 0 Å². The molecule has 0 spiro atoms. The number of hydrogen-bond donors (Lipinski definition) is 0. The zero-order chi connectivity index (χ0) is 17.3. The van der Waals surface area contributed by atoms with Crippen LogP contribution >= 0.6 is 0 Å². The molecule has 0 bridgehead atoms. The second-order valence-electron chi connectivity index (χ2n) is 7.15. The van der Waals surface area contributed by atoms with Crippen molar-refractivity contribution in [2.75, 3.05) is 18.5 Å². The number of carbonyl (C=O) groups is 2. The summed E-state index contributed by atoms with van der Waals surface area (Å²) in [6.07, 6.45) is 3.81. The van der Waals surface area contributed by atoms with Crippen LogP contribution in [0.2, 0.25) is 0 Å². The molecule has 2 amide bonds. The molecular weight excluding hydrogens is 294 g/mol. The van der Waals surface area contributed by atoms with Gasteiger partial charge in [0.25, 0.3) is 0 Å². The van der Waals surface area contributed by atoms with E-state index in [0.717, 1.165) is 30.6 Å². The summed E-state index contributed by atoms with van der Waals surface area (Å²) < 4.78 is 5.43. The van der Waals surface area contributed by atoms with Gasteiger partial charge in [-0.25, -0.2) is 4.79 Å². The molecule has 1 aliphatic rings. The van der Waals surface area contributed by atoms with E-state index in [1.165, 1.54) is 0 Å². The number of ether oxygens (including phenoxy) is 1. The Morgan fingerprint density at radius 1 is 1.39 bits per heavy atom. The number of hydrogen-bond acceptors (Lipinski definition) is 4. The highest BCUT2D eigenvalue weighted by atomic mass is 16.6. The summed E-state index contributed by atoms with van der Waals surface area (Å²) >= 11 is 0. The SMILES string of the molecule is Cc1ccc(N(C=O)CC2(N(C)C(=O)OC(C)(C)C)CC2)cn1. The van der Waals surface area contributed by atoms with Crippen LogP contribution in [0, 0.1) is 6.92 Å². The van der Waals surface area contributed by atoms with E-state index in [9.17, 15) is 9.59 Å². The van der Waals surface area contributed by atoms with Crippen LogP contribution in [0.1, 0.15) is 39.3 Å². The number of rotatable bonds is 5. The summed E-state index contributed by atoms with van der Waals surface area (Å²) in [5, 5.41) is 0. The van der Waals surface area contributed by atoms with Crippen molar-refractivity contribution in [1.82, 2.24) is 9.88 Å². The molecule has 1 saturated carbocycles. The standard InChI is InChI=1S/C17H25N3O3/c1-13-6-7-14(10-18-13)20(12-21)11-17(8-9-17)19(5)15(22)23-16(2,3)4/h6-7,10,12H,8-9,11H2,1-5H3. The predicted octanol–water partition coefficient (Wildman–Crippen LogP) is 2.75. The van der Waals surface area contributed by atoms with Gasteiger partial charge in [0.15, 0.2) is 0 Å². The molecule has 0 atom stereocenters. The fourth-order valence-electron chi connectivity index (χ4n) is 2.40. The molecule has 1 aromatic heterocycles. The third kappa shape index (κ3) is 4.21. The van der Waals surface area contributed by atoms with Crippen LogP contribution in [-0.4, -0.2) is 47.1 Å². The minimum Gasteiger partial charge on any atom is -0.444 e. The van der Waals surface area contributed by atoms with E-state index in [1.54, 1.807) is 23.0 Å². The van der Waals surface area contributed by atoms with E-state index in [2.05, 4.69) is 4.98 Å². The normalized spacial score (nSPS) is 15.7. The summed E-state index contributed by atoms with van der Waals surface area (Å²) in [5.74, 6) is 0. The number of aromatic nitrogens is 1. The topological polar surface area (TPSA) is 62.7 Å². The molecule has 23 heavy (non-hydrogen) atoms. The second-order valence-corrected chi connectivity index (χ2v) is 7.15. The fraction of sp³-hybridized carbons (Fsp3) is 0.588. The molecule has 126 valence electrons. The highest BCUT2D eigenvalue weighted by Gasteiger charge is 2.50. The maximum Gasteiger partial charge on any atom is 0.410 e. The first kappa shape index (κ1) is 17.2. The average Bonchev–Trinajstić information content (AvgIpc) is 3.24. The Labute approximate surface area is 137 Å². The minimum absolute atomic E-state index is 0.353. The lowest BCUT2D eigenvalue weighted by atomic mass is 10.2. The van der Waals surface area contributed by atoms with Gasteiger partial charge in [-0.2, -0.15) is 0 Å². The zero-order valence-electron chi connectivity index (χ0n) is 14.5. The van der Waals surface area contributed by atoms with Gasteiger partial charge in [0.1, 0.15) is 5.60 Å². The third-order valence-corrected chi connectivity index (χ3v) is 4.03. The Kier molecular flexibility index (Phi) is 4.63. The molecule has 6 heteroatoms. The zero-order valence-corrected chi connectivity index (χ0v) is 14.5. The Morgan fingerprint density at radius 2 is 2.04 bits per heavy atom. The first-order chi connectivity index (χ1) is 10.7. The van der Waals surface area contributed by atoms with E-state index in [1.807, 2.05) is 39.8 Å². The number of pyridine rings is 1. The number of amides is 2. The Hall–Kier alpha value is -2.11. The minimum atomic E-state index is -0.535. The smallest absolute Gasteiger partial charge is 0.410 e. The van der Waals surface area contributed by atoms with Crippen molar-refractivity contribution in [3.63, 3.8) is 0 Å². The number of anilines is 1. The summed E-state index contributed by atoms with van der Waals surface area (Å²) in [4.78, 5) is 31.2. The maximum atomic E-state index is 12.3. The number of aryl methyl sites for hydroxylation is 1. The molecule has 2 rings (SSSR count). The lowest BCUT2D eigenvalue weighted by Gasteiger charge is -2.33.